The topological polar surface area (TPSA) is 61.7 Å². The van der Waals surface area contributed by atoms with Crippen molar-refractivity contribution in [2.75, 3.05) is 5.32 Å². The fourth-order valence-electron chi connectivity index (χ4n) is 2.12. The summed E-state index contributed by atoms with van der Waals surface area (Å²) in [6.45, 7) is 1.71. The zero-order valence-corrected chi connectivity index (χ0v) is 10.5. The standard InChI is InChI=1S/C14H18N2O2/c1-10(16-18)12-7-2-3-8-13(12)15-14(17)9-11-5-4-6-11/h2-3,7-8,11,18H,4-6,9H2,1H3,(H,15,17)/b16-10-. The molecule has 0 aliphatic heterocycles. The molecule has 0 aromatic heterocycles. The summed E-state index contributed by atoms with van der Waals surface area (Å²) in [7, 11) is 0. The number of carbonyl (C=O) groups excluding carboxylic acids is 1. The van der Waals surface area contributed by atoms with Crippen LogP contribution in [-0.2, 0) is 4.79 Å². The molecule has 4 nitrogen and oxygen atoms in total. The van der Waals surface area contributed by atoms with E-state index in [0.717, 1.165) is 18.4 Å². The molecule has 1 saturated carbocycles. The number of nitrogens with zero attached hydrogens (tertiary/aromatic N) is 1. The average molecular weight is 246 g/mol. The Hall–Kier alpha value is -1.84. The molecule has 1 amide bonds. The molecule has 96 valence electrons. The van der Waals surface area contributed by atoms with Gasteiger partial charge in [0.1, 0.15) is 0 Å². The van der Waals surface area contributed by atoms with Gasteiger partial charge in [-0.3, -0.25) is 4.79 Å². The molecular formula is C14H18N2O2. The third-order valence-electron chi connectivity index (χ3n) is 3.44. The van der Waals surface area contributed by atoms with Gasteiger partial charge in [-0.2, -0.15) is 0 Å². The van der Waals surface area contributed by atoms with E-state index in [9.17, 15) is 4.79 Å². The fourth-order valence-corrected chi connectivity index (χ4v) is 2.12. The average Bonchev–Trinajstić information content (AvgIpc) is 2.34. The zero-order chi connectivity index (χ0) is 13.0. The molecule has 18 heavy (non-hydrogen) atoms. The van der Waals surface area contributed by atoms with Crippen LogP contribution in [0, 0.1) is 5.92 Å². The van der Waals surface area contributed by atoms with E-state index in [2.05, 4.69) is 10.5 Å². The zero-order valence-electron chi connectivity index (χ0n) is 10.5. The third-order valence-corrected chi connectivity index (χ3v) is 3.44. The highest BCUT2D eigenvalue weighted by atomic mass is 16.4. The summed E-state index contributed by atoms with van der Waals surface area (Å²) in [5, 5.41) is 14.9. The van der Waals surface area contributed by atoms with Gasteiger partial charge < -0.3 is 10.5 Å². The summed E-state index contributed by atoms with van der Waals surface area (Å²) >= 11 is 0. The number of amides is 1. The molecule has 2 rings (SSSR count). The van der Waals surface area contributed by atoms with E-state index in [1.807, 2.05) is 24.3 Å². The lowest BCUT2D eigenvalue weighted by Crippen LogP contribution is -2.21. The van der Waals surface area contributed by atoms with Crippen LogP contribution in [0.25, 0.3) is 0 Å². The Labute approximate surface area is 107 Å². The van der Waals surface area contributed by atoms with Gasteiger partial charge in [-0.15, -0.1) is 0 Å². The van der Waals surface area contributed by atoms with Crippen LogP contribution in [0.1, 0.15) is 38.2 Å². The largest absolute Gasteiger partial charge is 0.411 e. The van der Waals surface area contributed by atoms with Gasteiger partial charge in [-0.05, 0) is 31.7 Å². The van der Waals surface area contributed by atoms with E-state index >= 15 is 0 Å². The van der Waals surface area contributed by atoms with Crippen molar-refractivity contribution in [3.8, 4) is 0 Å². The molecule has 0 heterocycles. The number of para-hydroxylation sites is 1. The first-order valence-corrected chi connectivity index (χ1v) is 6.28. The molecule has 0 radical (unpaired) electrons. The molecule has 0 saturated heterocycles. The van der Waals surface area contributed by atoms with Crippen molar-refractivity contribution in [1.29, 1.82) is 0 Å². The predicted octanol–water partition coefficient (Wildman–Crippen LogP) is 3.01. The smallest absolute Gasteiger partial charge is 0.224 e. The van der Waals surface area contributed by atoms with E-state index in [0.29, 0.717) is 23.7 Å². The van der Waals surface area contributed by atoms with Gasteiger partial charge in [0.15, 0.2) is 0 Å². The molecule has 1 aromatic rings. The van der Waals surface area contributed by atoms with Gasteiger partial charge in [-0.25, -0.2) is 0 Å². The Balaban J connectivity index is 2.05. The molecule has 2 N–H and O–H groups in total. The summed E-state index contributed by atoms with van der Waals surface area (Å²) < 4.78 is 0. The van der Waals surface area contributed by atoms with Crippen LogP contribution in [0.2, 0.25) is 0 Å². The first kappa shape index (κ1) is 12.6. The third kappa shape index (κ3) is 2.88. The van der Waals surface area contributed by atoms with Crippen molar-refractivity contribution < 1.29 is 10.0 Å². The Bertz CT molecular complexity index is 465. The maximum atomic E-state index is 11.9. The molecule has 0 bridgehead atoms. The highest BCUT2D eigenvalue weighted by Gasteiger charge is 2.21. The van der Waals surface area contributed by atoms with Gasteiger partial charge in [0.05, 0.1) is 5.71 Å². The maximum Gasteiger partial charge on any atom is 0.224 e. The van der Waals surface area contributed by atoms with Crippen LogP contribution < -0.4 is 5.32 Å². The monoisotopic (exact) mass is 246 g/mol. The van der Waals surface area contributed by atoms with Crippen molar-refractivity contribution in [2.24, 2.45) is 11.1 Å². The summed E-state index contributed by atoms with van der Waals surface area (Å²) in [5.74, 6) is 0.586. The van der Waals surface area contributed by atoms with E-state index in [1.165, 1.54) is 6.42 Å². The number of oxime groups is 1. The SMILES string of the molecule is C/C(=N/O)c1ccccc1NC(=O)CC1CCC1. The molecule has 0 unspecified atom stereocenters. The summed E-state index contributed by atoms with van der Waals surface area (Å²) in [6, 6.07) is 7.36. The van der Waals surface area contributed by atoms with Crippen molar-refractivity contribution in [1.82, 2.24) is 0 Å². The van der Waals surface area contributed by atoms with Crippen LogP contribution in [0.5, 0.6) is 0 Å². The molecule has 4 heteroatoms. The van der Waals surface area contributed by atoms with E-state index in [1.54, 1.807) is 6.92 Å². The molecule has 1 aromatic carbocycles. The summed E-state index contributed by atoms with van der Waals surface area (Å²) in [4.78, 5) is 11.9. The van der Waals surface area contributed by atoms with Crippen LogP contribution in [0.15, 0.2) is 29.4 Å². The second kappa shape index (κ2) is 5.67. The van der Waals surface area contributed by atoms with Gasteiger partial charge >= 0.3 is 0 Å². The molecule has 1 aliphatic carbocycles. The van der Waals surface area contributed by atoms with Crippen LogP contribution in [0.3, 0.4) is 0 Å². The quantitative estimate of drug-likeness (QED) is 0.487. The number of benzene rings is 1. The second-order valence-corrected chi connectivity index (χ2v) is 4.78. The van der Waals surface area contributed by atoms with Crippen LogP contribution >= 0.6 is 0 Å². The minimum atomic E-state index is 0.0397. The Kier molecular flexibility index (Phi) is 3.97. The molecule has 0 spiro atoms. The Morgan fingerprint density at radius 3 is 2.78 bits per heavy atom. The molecule has 0 atom stereocenters. The maximum absolute atomic E-state index is 11.9. The van der Waals surface area contributed by atoms with Crippen molar-refractivity contribution >= 4 is 17.3 Å². The Morgan fingerprint density at radius 1 is 1.44 bits per heavy atom. The van der Waals surface area contributed by atoms with Gasteiger partial charge in [0.25, 0.3) is 0 Å². The lowest BCUT2D eigenvalue weighted by atomic mass is 9.83. The minimum absolute atomic E-state index is 0.0397. The highest BCUT2D eigenvalue weighted by Crippen LogP contribution is 2.29. The number of carbonyl (C=O) groups is 1. The number of rotatable bonds is 4. The summed E-state index contributed by atoms with van der Waals surface area (Å²) in [5.41, 5.74) is 1.95. The van der Waals surface area contributed by atoms with E-state index in [4.69, 9.17) is 5.21 Å². The number of hydrogen-bond donors (Lipinski definition) is 2. The van der Waals surface area contributed by atoms with Crippen molar-refractivity contribution in [2.45, 2.75) is 32.6 Å². The lowest BCUT2D eigenvalue weighted by molar-refractivity contribution is -0.117. The van der Waals surface area contributed by atoms with Crippen molar-refractivity contribution in [3.05, 3.63) is 29.8 Å². The van der Waals surface area contributed by atoms with Gasteiger partial charge in [0.2, 0.25) is 5.91 Å². The number of hydrogen-bond acceptors (Lipinski definition) is 3. The molecular weight excluding hydrogens is 228 g/mol. The first-order chi connectivity index (χ1) is 8.70. The predicted molar refractivity (Wildman–Crippen MR) is 71.0 cm³/mol. The highest BCUT2D eigenvalue weighted by molar-refractivity contribution is 6.06. The van der Waals surface area contributed by atoms with Crippen LogP contribution in [-0.4, -0.2) is 16.8 Å². The molecule has 1 fully saturated rings. The van der Waals surface area contributed by atoms with E-state index in [-0.39, 0.29) is 5.91 Å². The van der Waals surface area contributed by atoms with Crippen LogP contribution in [0.4, 0.5) is 5.69 Å². The minimum Gasteiger partial charge on any atom is -0.411 e. The fraction of sp³-hybridized carbons (Fsp3) is 0.429. The number of anilines is 1. The van der Waals surface area contributed by atoms with Crippen molar-refractivity contribution in [3.63, 3.8) is 0 Å². The van der Waals surface area contributed by atoms with Gasteiger partial charge in [-0.1, -0.05) is 29.8 Å². The molecule has 1 aliphatic rings. The first-order valence-electron chi connectivity index (χ1n) is 6.28. The Morgan fingerprint density at radius 2 is 2.17 bits per heavy atom. The lowest BCUT2D eigenvalue weighted by Gasteiger charge is -2.24. The summed E-state index contributed by atoms with van der Waals surface area (Å²) in [6.07, 6.45) is 4.15. The van der Waals surface area contributed by atoms with E-state index < -0.39 is 0 Å². The van der Waals surface area contributed by atoms with Gasteiger partial charge in [0, 0.05) is 17.7 Å². The normalized spacial score (nSPS) is 16.2. The number of nitrogens with one attached hydrogen (secondary N) is 1. The second-order valence-electron chi connectivity index (χ2n) is 4.78.